The van der Waals surface area contributed by atoms with E-state index in [0.717, 1.165) is 18.2 Å². The number of fused-ring (bicyclic) bond motifs is 1. The summed E-state index contributed by atoms with van der Waals surface area (Å²) in [5.74, 6) is 3.92. The normalized spacial score (nSPS) is 11.7. The molecule has 0 aliphatic rings. The predicted octanol–water partition coefficient (Wildman–Crippen LogP) is 3.93. The van der Waals surface area contributed by atoms with Crippen LogP contribution in [0.15, 0.2) is 59.8 Å². The number of rotatable bonds is 4. The number of nitrogens with zero attached hydrogens (tertiary/aromatic N) is 2. The molecule has 7 heteroatoms. The van der Waals surface area contributed by atoms with Crippen molar-refractivity contribution >= 4 is 17.3 Å². The zero-order valence-corrected chi connectivity index (χ0v) is 16.5. The monoisotopic (exact) mass is 417 g/mol. The van der Waals surface area contributed by atoms with Gasteiger partial charge in [0.05, 0.1) is 0 Å². The van der Waals surface area contributed by atoms with E-state index < -0.39 is 17.6 Å². The van der Waals surface area contributed by atoms with Gasteiger partial charge in [-0.3, -0.25) is 9.59 Å². The average molecular weight is 417 g/mol. The maximum atomic E-state index is 14.6. The molecule has 4 aromatic rings. The molecule has 5 nitrogen and oxygen atoms in total. The lowest BCUT2D eigenvalue weighted by Crippen LogP contribution is -2.23. The predicted molar refractivity (Wildman–Crippen MR) is 113 cm³/mol. The van der Waals surface area contributed by atoms with Crippen LogP contribution in [0.3, 0.4) is 0 Å². The SMILES string of the molecule is Cn1cccc(C(CC#Cc2c(C=O)cnc3[nH]ccc23)c2cc(F)ccc2F)c1=O. The van der Waals surface area contributed by atoms with E-state index in [1.165, 1.54) is 10.8 Å². The highest BCUT2D eigenvalue weighted by atomic mass is 19.1. The summed E-state index contributed by atoms with van der Waals surface area (Å²) in [6, 6.07) is 8.17. The molecule has 3 aromatic heterocycles. The van der Waals surface area contributed by atoms with Crippen LogP contribution < -0.4 is 5.56 Å². The van der Waals surface area contributed by atoms with Crippen LogP contribution in [0.5, 0.6) is 0 Å². The van der Waals surface area contributed by atoms with E-state index in [1.807, 2.05) is 0 Å². The van der Waals surface area contributed by atoms with Crippen molar-refractivity contribution in [1.29, 1.82) is 0 Å². The molecule has 154 valence electrons. The number of carbonyl (C=O) groups excluding carboxylic acids is 1. The Labute approximate surface area is 176 Å². The fraction of sp³-hybridized carbons (Fsp3) is 0.125. The van der Waals surface area contributed by atoms with Crippen molar-refractivity contribution in [2.45, 2.75) is 12.3 Å². The minimum Gasteiger partial charge on any atom is -0.346 e. The second-order valence-electron chi connectivity index (χ2n) is 7.05. The van der Waals surface area contributed by atoms with Crippen molar-refractivity contribution in [3.63, 3.8) is 0 Å². The molecule has 0 fully saturated rings. The van der Waals surface area contributed by atoms with Crippen molar-refractivity contribution in [1.82, 2.24) is 14.5 Å². The lowest BCUT2D eigenvalue weighted by atomic mass is 9.88. The van der Waals surface area contributed by atoms with Gasteiger partial charge in [-0.1, -0.05) is 17.9 Å². The summed E-state index contributed by atoms with van der Waals surface area (Å²) in [7, 11) is 1.59. The smallest absolute Gasteiger partial charge is 0.254 e. The first kappa shape index (κ1) is 20.2. The van der Waals surface area contributed by atoms with Crippen LogP contribution in [-0.4, -0.2) is 20.8 Å². The zero-order chi connectivity index (χ0) is 22.0. The van der Waals surface area contributed by atoms with Gasteiger partial charge in [-0.2, -0.15) is 0 Å². The van der Waals surface area contributed by atoms with E-state index in [-0.39, 0.29) is 17.5 Å². The first-order chi connectivity index (χ1) is 15.0. The van der Waals surface area contributed by atoms with E-state index in [2.05, 4.69) is 21.8 Å². The Morgan fingerprint density at radius 1 is 1.23 bits per heavy atom. The van der Waals surface area contributed by atoms with Gasteiger partial charge >= 0.3 is 0 Å². The molecule has 1 aromatic carbocycles. The lowest BCUT2D eigenvalue weighted by molar-refractivity contribution is 0.112. The van der Waals surface area contributed by atoms with Crippen LogP contribution in [0.4, 0.5) is 8.78 Å². The first-order valence-corrected chi connectivity index (χ1v) is 9.50. The Kier molecular flexibility index (Phi) is 5.46. The molecule has 1 atom stereocenters. The summed E-state index contributed by atoms with van der Waals surface area (Å²) in [4.78, 5) is 31.3. The summed E-state index contributed by atoms with van der Waals surface area (Å²) >= 11 is 0. The number of aromatic nitrogens is 3. The largest absolute Gasteiger partial charge is 0.346 e. The third kappa shape index (κ3) is 3.88. The number of halogens is 2. The van der Waals surface area contributed by atoms with E-state index in [1.54, 1.807) is 37.6 Å². The molecule has 0 radical (unpaired) electrons. The molecule has 0 saturated heterocycles. The summed E-state index contributed by atoms with van der Waals surface area (Å²) in [5.41, 5.74) is 1.43. The van der Waals surface area contributed by atoms with Crippen LogP contribution in [-0.2, 0) is 7.05 Å². The van der Waals surface area contributed by atoms with Gasteiger partial charge in [0.2, 0.25) is 0 Å². The maximum Gasteiger partial charge on any atom is 0.254 e. The minimum atomic E-state index is -0.786. The van der Waals surface area contributed by atoms with Gasteiger partial charge in [0.1, 0.15) is 17.3 Å². The molecule has 4 rings (SSSR count). The number of hydrogen-bond donors (Lipinski definition) is 1. The maximum absolute atomic E-state index is 14.6. The standard InChI is InChI=1S/C24H17F2N3O2/c1-29-11-3-6-20(24(29)31)18(21-12-16(25)7-8-22(21)26)5-2-4-17-15(14-30)13-28-23-19(17)9-10-27-23/h3,6-14,18H,5H2,1H3,(H,27,28). The van der Waals surface area contributed by atoms with Crippen molar-refractivity contribution in [3.05, 3.63) is 99.2 Å². The second kappa shape index (κ2) is 8.36. The number of aromatic amines is 1. The zero-order valence-electron chi connectivity index (χ0n) is 16.5. The van der Waals surface area contributed by atoms with Gasteiger partial charge in [-0.15, -0.1) is 0 Å². The Morgan fingerprint density at radius 2 is 2.06 bits per heavy atom. The second-order valence-corrected chi connectivity index (χ2v) is 7.05. The Morgan fingerprint density at radius 3 is 2.87 bits per heavy atom. The molecular formula is C24H17F2N3O2. The van der Waals surface area contributed by atoms with Gasteiger partial charge < -0.3 is 9.55 Å². The van der Waals surface area contributed by atoms with Crippen LogP contribution in [0.25, 0.3) is 11.0 Å². The Balaban J connectivity index is 1.82. The van der Waals surface area contributed by atoms with Crippen molar-refractivity contribution in [2.75, 3.05) is 0 Å². The third-order valence-corrected chi connectivity index (χ3v) is 5.12. The van der Waals surface area contributed by atoms with E-state index in [9.17, 15) is 18.4 Å². The minimum absolute atomic E-state index is 0.0478. The number of carbonyl (C=O) groups is 1. The highest BCUT2D eigenvalue weighted by Crippen LogP contribution is 2.29. The molecule has 0 saturated carbocycles. The highest BCUT2D eigenvalue weighted by molar-refractivity contribution is 5.92. The fourth-order valence-corrected chi connectivity index (χ4v) is 3.55. The van der Waals surface area contributed by atoms with Crippen LogP contribution in [0.2, 0.25) is 0 Å². The topological polar surface area (TPSA) is 67.8 Å². The Hall–Kier alpha value is -4.05. The number of benzene rings is 1. The van der Waals surface area contributed by atoms with E-state index >= 15 is 0 Å². The van der Waals surface area contributed by atoms with Crippen LogP contribution in [0, 0.1) is 23.5 Å². The number of aldehydes is 1. The lowest BCUT2D eigenvalue weighted by Gasteiger charge is -2.16. The third-order valence-electron chi connectivity index (χ3n) is 5.12. The van der Waals surface area contributed by atoms with E-state index in [4.69, 9.17) is 0 Å². The summed E-state index contributed by atoms with van der Waals surface area (Å²) in [6.45, 7) is 0. The van der Waals surface area contributed by atoms with Gasteiger partial charge in [-0.05, 0) is 35.9 Å². The van der Waals surface area contributed by atoms with Crippen LogP contribution in [0.1, 0.15) is 39.4 Å². The summed E-state index contributed by atoms with van der Waals surface area (Å²) in [5, 5.41) is 0.682. The molecular weight excluding hydrogens is 400 g/mol. The fourth-order valence-electron chi connectivity index (χ4n) is 3.55. The van der Waals surface area contributed by atoms with Crippen molar-refractivity contribution < 1.29 is 13.6 Å². The number of aryl methyl sites for hydroxylation is 1. The van der Waals surface area contributed by atoms with E-state index in [0.29, 0.717) is 34.0 Å². The summed E-state index contributed by atoms with van der Waals surface area (Å²) in [6.07, 6.45) is 5.42. The molecule has 0 spiro atoms. The molecule has 3 heterocycles. The molecule has 0 amide bonds. The van der Waals surface area contributed by atoms with Crippen molar-refractivity contribution in [2.24, 2.45) is 7.05 Å². The summed E-state index contributed by atoms with van der Waals surface area (Å²) < 4.78 is 29.9. The molecule has 1 N–H and O–H groups in total. The van der Waals surface area contributed by atoms with Crippen LogP contribution >= 0.6 is 0 Å². The van der Waals surface area contributed by atoms with Gasteiger partial charge in [0.15, 0.2) is 6.29 Å². The molecule has 1 unspecified atom stereocenters. The molecule has 31 heavy (non-hydrogen) atoms. The molecule has 0 bridgehead atoms. The number of pyridine rings is 2. The number of H-pyrrole nitrogens is 1. The van der Waals surface area contributed by atoms with Crippen molar-refractivity contribution in [3.8, 4) is 11.8 Å². The highest BCUT2D eigenvalue weighted by Gasteiger charge is 2.21. The van der Waals surface area contributed by atoms with Gasteiger partial charge in [0.25, 0.3) is 5.56 Å². The van der Waals surface area contributed by atoms with Gasteiger partial charge in [-0.25, -0.2) is 13.8 Å². The quantitative estimate of drug-likeness (QED) is 0.404. The van der Waals surface area contributed by atoms with Gasteiger partial charge in [0, 0.05) is 60.1 Å². The molecule has 0 aliphatic carbocycles. The number of nitrogens with one attached hydrogen (secondary N) is 1. The molecule has 0 aliphatic heterocycles. The average Bonchev–Trinajstić information content (AvgIpc) is 3.24. The first-order valence-electron chi connectivity index (χ1n) is 9.50. The number of hydrogen-bond acceptors (Lipinski definition) is 3. The Bertz CT molecular complexity index is 1410.